The molecule has 7 nitrogen and oxygen atoms in total. The minimum atomic E-state index is -0.0408. The molecule has 0 aliphatic carbocycles. The lowest BCUT2D eigenvalue weighted by Crippen LogP contribution is -2.47. The van der Waals surface area contributed by atoms with Gasteiger partial charge >= 0.3 is 0 Å². The minimum Gasteiger partial charge on any atom is -0.379 e. The SMILES string of the molecule is CN=C(NCCC(=O)Nc1cccc(Cl)c1C)N1CCC(N2CCOCC2)C1.I. The van der Waals surface area contributed by atoms with Crippen molar-refractivity contribution in [2.24, 2.45) is 4.99 Å². The van der Waals surface area contributed by atoms with Crippen molar-refractivity contribution < 1.29 is 9.53 Å². The summed E-state index contributed by atoms with van der Waals surface area (Å²) in [7, 11) is 1.79. The van der Waals surface area contributed by atoms with Crippen molar-refractivity contribution in [3.05, 3.63) is 28.8 Å². The Bertz CT molecular complexity index is 712. The fourth-order valence-corrected chi connectivity index (χ4v) is 3.93. The first-order valence-electron chi connectivity index (χ1n) is 9.91. The predicted octanol–water partition coefficient (Wildman–Crippen LogP) is 2.58. The molecule has 1 amide bonds. The Morgan fingerprint density at radius 3 is 2.79 bits per heavy atom. The number of halogens is 2. The van der Waals surface area contributed by atoms with E-state index in [1.165, 1.54) is 0 Å². The van der Waals surface area contributed by atoms with Crippen LogP contribution in [0.15, 0.2) is 23.2 Å². The van der Waals surface area contributed by atoms with Gasteiger partial charge < -0.3 is 20.3 Å². The molecule has 2 aliphatic heterocycles. The fourth-order valence-electron chi connectivity index (χ4n) is 3.75. The molecule has 2 N–H and O–H groups in total. The Morgan fingerprint density at radius 2 is 2.07 bits per heavy atom. The maximum atomic E-state index is 12.3. The summed E-state index contributed by atoms with van der Waals surface area (Å²) in [6.45, 7) is 8.05. The van der Waals surface area contributed by atoms with Crippen molar-refractivity contribution in [1.29, 1.82) is 0 Å². The first kappa shape index (κ1) is 24.2. The van der Waals surface area contributed by atoms with Gasteiger partial charge in [-0.2, -0.15) is 0 Å². The van der Waals surface area contributed by atoms with Crippen molar-refractivity contribution in [2.45, 2.75) is 25.8 Å². The summed E-state index contributed by atoms with van der Waals surface area (Å²) in [6, 6.07) is 6.07. The number of aliphatic imine (C=N–C) groups is 1. The van der Waals surface area contributed by atoms with Gasteiger partial charge in [0.05, 0.1) is 13.2 Å². The Morgan fingerprint density at radius 1 is 1.31 bits per heavy atom. The second-order valence-electron chi connectivity index (χ2n) is 7.22. The number of nitrogens with zero attached hydrogens (tertiary/aromatic N) is 3. The molecule has 2 aliphatic rings. The highest BCUT2D eigenvalue weighted by atomic mass is 127. The number of nitrogens with one attached hydrogen (secondary N) is 2. The Balaban J connectivity index is 0.00000300. The lowest BCUT2D eigenvalue weighted by molar-refractivity contribution is -0.116. The number of benzene rings is 1. The van der Waals surface area contributed by atoms with Gasteiger partial charge in [0.15, 0.2) is 5.96 Å². The second kappa shape index (κ2) is 11.9. The number of ether oxygens (including phenoxy) is 1. The number of rotatable bonds is 5. The van der Waals surface area contributed by atoms with E-state index < -0.39 is 0 Å². The molecule has 0 radical (unpaired) electrons. The molecule has 3 rings (SSSR count). The van der Waals surface area contributed by atoms with Gasteiger partial charge in [0, 0.05) is 62.9 Å². The van der Waals surface area contributed by atoms with Crippen molar-refractivity contribution in [3.63, 3.8) is 0 Å². The molecule has 1 unspecified atom stereocenters. The first-order chi connectivity index (χ1) is 13.6. The van der Waals surface area contributed by atoms with Crippen molar-refractivity contribution >= 4 is 53.1 Å². The van der Waals surface area contributed by atoms with E-state index in [9.17, 15) is 4.79 Å². The predicted molar refractivity (Wildman–Crippen MR) is 129 cm³/mol. The van der Waals surface area contributed by atoms with E-state index in [1.807, 2.05) is 25.1 Å². The number of amides is 1. The highest BCUT2D eigenvalue weighted by Gasteiger charge is 2.30. The average molecular weight is 536 g/mol. The third-order valence-corrected chi connectivity index (χ3v) is 5.82. The summed E-state index contributed by atoms with van der Waals surface area (Å²) >= 11 is 6.11. The van der Waals surface area contributed by atoms with E-state index in [0.29, 0.717) is 24.0 Å². The van der Waals surface area contributed by atoms with Crippen LogP contribution < -0.4 is 10.6 Å². The number of carbonyl (C=O) groups excluding carboxylic acids is 1. The van der Waals surface area contributed by atoms with Gasteiger partial charge in [0.25, 0.3) is 0 Å². The second-order valence-corrected chi connectivity index (χ2v) is 7.63. The summed E-state index contributed by atoms with van der Waals surface area (Å²) < 4.78 is 5.45. The lowest BCUT2D eigenvalue weighted by atomic mass is 10.2. The zero-order valence-corrected chi connectivity index (χ0v) is 20.2. The van der Waals surface area contributed by atoms with Crippen LogP contribution >= 0.6 is 35.6 Å². The Labute approximate surface area is 195 Å². The summed E-state index contributed by atoms with van der Waals surface area (Å²) in [4.78, 5) is 21.4. The number of anilines is 1. The molecule has 0 aromatic heterocycles. The summed E-state index contributed by atoms with van der Waals surface area (Å²) in [5.74, 6) is 0.823. The topological polar surface area (TPSA) is 69.2 Å². The Hall–Kier alpha value is -1.10. The normalized spacial score (nSPS) is 20.3. The Kier molecular flexibility index (Phi) is 9.94. The molecule has 2 saturated heterocycles. The summed E-state index contributed by atoms with van der Waals surface area (Å²) in [6.07, 6.45) is 1.50. The van der Waals surface area contributed by atoms with E-state index >= 15 is 0 Å². The molecule has 2 heterocycles. The van der Waals surface area contributed by atoms with Crippen LogP contribution in [0, 0.1) is 6.92 Å². The van der Waals surface area contributed by atoms with Crippen LogP contribution in [-0.2, 0) is 9.53 Å². The lowest BCUT2D eigenvalue weighted by Gasteiger charge is -2.32. The molecule has 1 aromatic rings. The molecule has 0 bridgehead atoms. The molecular weight excluding hydrogens is 505 g/mol. The molecule has 0 spiro atoms. The molecule has 29 heavy (non-hydrogen) atoms. The average Bonchev–Trinajstić information content (AvgIpc) is 3.19. The van der Waals surface area contributed by atoms with Crippen molar-refractivity contribution in [3.8, 4) is 0 Å². The monoisotopic (exact) mass is 535 g/mol. The van der Waals surface area contributed by atoms with E-state index in [-0.39, 0.29) is 29.9 Å². The van der Waals surface area contributed by atoms with Gasteiger partial charge in [-0.05, 0) is 31.0 Å². The number of likely N-dealkylation sites (tertiary alicyclic amines) is 1. The van der Waals surface area contributed by atoms with E-state index in [0.717, 1.165) is 63.0 Å². The quantitative estimate of drug-likeness (QED) is 0.345. The van der Waals surface area contributed by atoms with Crippen LogP contribution in [0.4, 0.5) is 5.69 Å². The van der Waals surface area contributed by atoms with Gasteiger partial charge in [-0.25, -0.2) is 0 Å². The maximum Gasteiger partial charge on any atom is 0.226 e. The van der Waals surface area contributed by atoms with Crippen LogP contribution in [-0.4, -0.2) is 80.7 Å². The molecular formula is C20H31ClIN5O2. The standard InChI is InChI=1S/C20H30ClN5O2.HI/c1-15-17(21)4-3-5-18(15)24-19(27)6-8-23-20(22-2)26-9-7-16(14-26)25-10-12-28-13-11-25;/h3-5,16H,6-14H2,1-2H3,(H,22,23)(H,24,27);1H. The van der Waals surface area contributed by atoms with Gasteiger partial charge in [0.1, 0.15) is 0 Å². The smallest absolute Gasteiger partial charge is 0.226 e. The van der Waals surface area contributed by atoms with Crippen LogP contribution in [0.1, 0.15) is 18.4 Å². The first-order valence-corrected chi connectivity index (χ1v) is 10.3. The van der Waals surface area contributed by atoms with Crippen LogP contribution in [0.5, 0.6) is 0 Å². The molecule has 1 aromatic carbocycles. The number of hydrogen-bond acceptors (Lipinski definition) is 4. The highest BCUT2D eigenvalue weighted by Crippen LogP contribution is 2.23. The zero-order valence-electron chi connectivity index (χ0n) is 17.1. The van der Waals surface area contributed by atoms with E-state index in [2.05, 4.69) is 25.4 Å². The van der Waals surface area contributed by atoms with Crippen LogP contribution in [0.2, 0.25) is 5.02 Å². The van der Waals surface area contributed by atoms with Gasteiger partial charge in [-0.1, -0.05) is 17.7 Å². The minimum absolute atomic E-state index is 0. The van der Waals surface area contributed by atoms with Gasteiger partial charge in [0.2, 0.25) is 5.91 Å². The molecule has 162 valence electrons. The third-order valence-electron chi connectivity index (χ3n) is 5.41. The van der Waals surface area contributed by atoms with Crippen molar-refractivity contribution in [1.82, 2.24) is 15.1 Å². The zero-order chi connectivity index (χ0) is 19.9. The van der Waals surface area contributed by atoms with Crippen LogP contribution in [0.3, 0.4) is 0 Å². The van der Waals surface area contributed by atoms with Gasteiger partial charge in [-0.3, -0.25) is 14.7 Å². The number of hydrogen-bond donors (Lipinski definition) is 2. The fraction of sp³-hybridized carbons (Fsp3) is 0.600. The molecule has 0 saturated carbocycles. The molecule has 2 fully saturated rings. The van der Waals surface area contributed by atoms with Gasteiger partial charge in [-0.15, -0.1) is 24.0 Å². The maximum absolute atomic E-state index is 12.3. The van der Waals surface area contributed by atoms with Crippen LogP contribution in [0.25, 0.3) is 0 Å². The highest BCUT2D eigenvalue weighted by molar-refractivity contribution is 14.0. The summed E-state index contributed by atoms with van der Waals surface area (Å²) in [5.41, 5.74) is 1.64. The summed E-state index contributed by atoms with van der Waals surface area (Å²) in [5, 5.41) is 6.90. The number of morpholine rings is 1. The van der Waals surface area contributed by atoms with E-state index in [4.69, 9.17) is 16.3 Å². The van der Waals surface area contributed by atoms with E-state index in [1.54, 1.807) is 7.05 Å². The largest absolute Gasteiger partial charge is 0.379 e. The third kappa shape index (κ3) is 6.70. The number of carbonyl (C=O) groups is 1. The van der Waals surface area contributed by atoms with Crippen molar-refractivity contribution in [2.75, 3.05) is 58.3 Å². The molecule has 9 heteroatoms. The molecule has 1 atom stereocenters. The number of guanidine groups is 1.